The van der Waals surface area contributed by atoms with Crippen molar-refractivity contribution < 1.29 is 14.7 Å². The first kappa shape index (κ1) is 17.4. The van der Waals surface area contributed by atoms with Crippen molar-refractivity contribution in [3.63, 3.8) is 0 Å². The number of hydrogen-bond acceptors (Lipinski definition) is 5. The average molecular weight is 295 g/mol. The largest absolute Gasteiger partial charge is 0.409 e. The predicted octanol–water partition coefficient (Wildman–Crippen LogP) is 1.27. The van der Waals surface area contributed by atoms with Crippen LogP contribution in [-0.2, 0) is 16.0 Å². The quantitative estimate of drug-likeness (QED) is 0.223. The van der Waals surface area contributed by atoms with E-state index < -0.39 is 0 Å². The fraction of sp³-hybridized carbons (Fsp3) is 0.533. The standard InChI is InChI=1S/C15H25N3O3/c1-20-9-4-7-18(8-10-21-2)12-13-5-3-6-14(11-13)15(16)17-19/h3,5-6,11,19H,4,7-10,12H2,1-2H3,(H2,16,17). The highest BCUT2D eigenvalue weighted by atomic mass is 16.5. The highest BCUT2D eigenvalue weighted by Crippen LogP contribution is 2.09. The van der Waals surface area contributed by atoms with Crippen LogP contribution in [0.3, 0.4) is 0 Å². The Bertz CT molecular complexity index is 438. The Morgan fingerprint density at radius 3 is 2.67 bits per heavy atom. The van der Waals surface area contributed by atoms with E-state index in [1.165, 1.54) is 0 Å². The zero-order chi connectivity index (χ0) is 15.5. The van der Waals surface area contributed by atoms with E-state index in [4.69, 9.17) is 20.4 Å². The summed E-state index contributed by atoms with van der Waals surface area (Å²) in [7, 11) is 3.41. The molecule has 0 saturated heterocycles. The van der Waals surface area contributed by atoms with Gasteiger partial charge in [-0.3, -0.25) is 4.90 Å². The van der Waals surface area contributed by atoms with Crippen LogP contribution in [0.1, 0.15) is 17.5 Å². The van der Waals surface area contributed by atoms with E-state index >= 15 is 0 Å². The molecule has 0 aromatic heterocycles. The second kappa shape index (κ2) is 10.1. The number of rotatable bonds is 10. The molecule has 0 fully saturated rings. The second-order valence-corrected chi connectivity index (χ2v) is 4.80. The highest BCUT2D eigenvalue weighted by molar-refractivity contribution is 5.97. The van der Waals surface area contributed by atoms with Crippen molar-refractivity contribution in [2.24, 2.45) is 10.9 Å². The minimum atomic E-state index is 0.125. The molecule has 6 nitrogen and oxygen atoms in total. The molecule has 0 unspecified atom stereocenters. The summed E-state index contributed by atoms with van der Waals surface area (Å²) in [5.74, 6) is 0.125. The maximum absolute atomic E-state index is 8.74. The molecule has 118 valence electrons. The van der Waals surface area contributed by atoms with Crippen molar-refractivity contribution in [3.05, 3.63) is 35.4 Å². The molecule has 1 aromatic rings. The third-order valence-electron chi connectivity index (χ3n) is 3.17. The van der Waals surface area contributed by atoms with Gasteiger partial charge in [0.05, 0.1) is 6.61 Å². The van der Waals surface area contributed by atoms with Crippen LogP contribution in [0.25, 0.3) is 0 Å². The summed E-state index contributed by atoms with van der Waals surface area (Å²) in [6, 6.07) is 7.70. The van der Waals surface area contributed by atoms with Gasteiger partial charge in [0.15, 0.2) is 5.84 Å². The van der Waals surface area contributed by atoms with Crippen LogP contribution >= 0.6 is 0 Å². The molecular weight excluding hydrogens is 270 g/mol. The zero-order valence-electron chi connectivity index (χ0n) is 12.8. The van der Waals surface area contributed by atoms with Gasteiger partial charge in [0, 0.05) is 46.0 Å². The maximum atomic E-state index is 8.74. The summed E-state index contributed by atoms with van der Waals surface area (Å²) < 4.78 is 10.2. The van der Waals surface area contributed by atoms with Gasteiger partial charge in [0.25, 0.3) is 0 Å². The first-order chi connectivity index (χ1) is 10.2. The first-order valence-electron chi connectivity index (χ1n) is 6.98. The van der Waals surface area contributed by atoms with E-state index in [2.05, 4.69) is 10.1 Å². The Hall–Kier alpha value is -1.63. The number of nitrogens with zero attached hydrogens (tertiary/aromatic N) is 2. The minimum absolute atomic E-state index is 0.125. The number of amidine groups is 1. The third-order valence-corrected chi connectivity index (χ3v) is 3.17. The molecule has 0 bridgehead atoms. The van der Waals surface area contributed by atoms with Gasteiger partial charge in [-0.1, -0.05) is 23.4 Å². The molecule has 0 saturated carbocycles. The lowest BCUT2D eigenvalue weighted by molar-refractivity contribution is 0.129. The molecule has 0 aliphatic rings. The highest BCUT2D eigenvalue weighted by Gasteiger charge is 2.07. The number of nitrogens with two attached hydrogens (primary N) is 1. The van der Waals surface area contributed by atoms with E-state index in [-0.39, 0.29) is 5.84 Å². The Morgan fingerprint density at radius 2 is 2.00 bits per heavy atom. The van der Waals surface area contributed by atoms with Crippen molar-refractivity contribution in [2.75, 3.05) is 40.5 Å². The molecule has 3 N–H and O–H groups in total. The van der Waals surface area contributed by atoms with Gasteiger partial charge in [-0.25, -0.2) is 0 Å². The van der Waals surface area contributed by atoms with Crippen LogP contribution in [0.5, 0.6) is 0 Å². The van der Waals surface area contributed by atoms with E-state index in [0.29, 0.717) is 6.61 Å². The summed E-state index contributed by atoms with van der Waals surface area (Å²) in [5.41, 5.74) is 7.46. The van der Waals surface area contributed by atoms with Gasteiger partial charge in [-0.2, -0.15) is 0 Å². The van der Waals surface area contributed by atoms with Gasteiger partial charge in [0.2, 0.25) is 0 Å². The van der Waals surface area contributed by atoms with Crippen molar-refractivity contribution in [1.82, 2.24) is 4.90 Å². The maximum Gasteiger partial charge on any atom is 0.170 e. The number of benzene rings is 1. The summed E-state index contributed by atoms with van der Waals surface area (Å²) in [5, 5.41) is 11.8. The third kappa shape index (κ3) is 6.57. The predicted molar refractivity (Wildman–Crippen MR) is 82.6 cm³/mol. The number of hydrogen-bond donors (Lipinski definition) is 2. The molecule has 0 spiro atoms. The molecular formula is C15H25N3O3. The van der Waals surface area contributed by atoms with Crippen molar-refractivity contribution in [1.29, 1.82) is 0 Å². The second-order valence-electron chi connectivity index (χ2n) is 4.80. The number of ether oxygens (including phenoxy) is 2. The van der Waals surface area contributed by atoms with Gasteiger partial charge in [0.1, 0.15) is 0 Å². The van der Waals surface area contributed by atoms with Crippen LogP contribution in [0.15, 0.2) is 29.4 Å². The average Bonchev–Trinajstić information content (AvgIpc) is 2.52. The topological polar surface area (TPSA) is 80.3 Å². The molecule has 0 radical (unpaired) electrons. The Morgan fingerprint density at radius 1 is 1.24 bits per heavy atom. The summed E-state index contributed by atoms with van der Waals surface area (Å²) in [6.07, 6.45) is 0.972. The summed E-state index contributed by atoms with van der Waals surface area (Å²) >= 11 is 0. The van der Waals surface area contributed by atoms with Gasteiger partial charge < -0.3 is 20.4 Å². The number of oxime groups is 1. The van der Waals surface area contributed by atoms with E-state index in [9.17, 15) is 0 Å². The number of methoxy groups -OCH3 is 2. The molecule has 0 atom stereocenters. The van der Waals surface area contributed by atoms with Crippen LogP contribution in [0.2, 0.25) is 0 Å². The molecule has 1 aromatic carbocycles. The fourth-order valence-electron chi connectivity index (χ4n) is 2.07. The monoisotopic (exact) mass is 295 g/mol. The molecule has 0 aliphatic heterocycles. The lowest BCUT2D eigenvalue weighted by Crippen LogP contribution is -2.29. The van der Waals surface area contributed by atoms with Crippen LogP contribution in [0, 0.1) is 0 Å². The Labute approximate surface area is 126 Å². The van der Waals surface area contributed by atoms with Gasteiger partial charge in [-0.05, 0) is 18.1 Å². The molecule has 0 amide bonds. The first-order valence-corrected chi connectivity index (χ1v) is 6.98. The van der Waals surface area contributed by atoms with E-state index in [1.54, 1.807) is 14.2 Å². The molecule has 6 heteroatoms. The summed E-state index contributed by atoms with van der Waals surface area (Å²) in [6.45, 7) is 4.01. The van der Waals surface area contributed by atoms with Crippen molar-refractivity contribution in [2.45, 2.75) is 13.0 Å². The van der Waals surface area contributed by atoms with E-state index in [0.717, 1.165) is 43.8 Å². The molecule has 1 rings (SSSR count). The Balaban J connectivity index is 2.67. The lowest BCUT2D eigenvalue weighted by atomic mass is 10.1. The van der Waals surface area contributed by atoms with Gasteiger partial charge in [-0.15, -0.1) is 0 Å². The van der Waals surface area contributed by atoms with Gasteiger partial charge >= 0.3 is 0 Å². The van der Waals surface area contributed by atoms with Crippen molar-refractivity contribution >= 4 is 5.84 Å². The zero-order valence-corrected chi connectivity index (χ0v) is 12.8. The molecule has 21 heavy (non-hydrogen) atoms. The van der Waals surface area contributed by atoms with Crippen LogP contribution < -0.4 is 5.73 Å². The SMILES string of the molecule is COCCCN(CCOC)Cc1cccc(C(N)=NO)c1. The van der Waals surface area contributed by atoms with E-state index in [1.807, 2.05) is 24.3 Å². The molecule has 0 heterocycles. The van der Waals surface area contributed by atoms with Crippen LogP contribution in [0.4, 0.5) is 0 Å². The van der Waals surface area contributed by atoms with Crippen molar-refractivity contribution in [3.8, 4) is 0 Å². The normalized spacial score (nSPS) is 12.0. The fourth-order valence-corrected chi connectivity index (χ4v) is 2.07. The Kier molecular flexibility index (Phi) is 8.42. The molecule has 0 aliphatic carbocycles. The van der Waals surface area contributed by atoms with Crippen LogP contribution in [-0.4, -0.2) is 56.5 Å². The minimum Gasteiger partial charge on any atom is -0.409 e. The summed E-state index contributed by atoms with van der Waals surface area (Å²) in [4.78, 5) is 2.30. The smallest absolute Gasteiger partial charge is 0.170 e. The lowest BCUT2D eigenvalue weighted by Gasteiger charge is -2.22.